The highest BCUT2D eigenvalue weighted by Gasteiger charge is 2.18. The number of halogens is 1. The van der Waals surface area contributed by atoms with Crippen molar-refractivity contribution in [3.8, 4) is 11.1 Å². The summed E-state index contributed by atoms with van der Waals surface area (Å²) in [5.74, 6) is -1.69. The number of anilines is 1. The van der Waals surface area contributed by atoms with Crippen molar-refractivity contribution in [1.82, 2.24) is 0 Å². The minimum absolute atomic E-state index is 0.0381. The summed E-state index contributed by atoms with van der Waals surface area (Å²) in [6.45, 7) is 0. The second-order valence-corrected chi connectivity index (χ2v) is 4.42. The molecule has 0 atom stereocenters. The van der Waals surface area contributed by atoms with Crippen LogP contribution in [0.2, 0.25) is 0 Å². The Labute approximate surface area is 110 Å². The van der Waals surface area contributed by atoms with Gasteiger partial charge in [-0.3, -0.25) is 0 Å². The molecule has 0 unspecified atom stereocenters. The Hall–Kier alpha value is -2.36. The first-order valence-corrected chi connectivity index (χ1v) is 5.80. The summed E-state index contributed by atoms with van der Waals surface area (Å²) >= 11 is 0. The molecule has 0 bridgehead atoms. The van der Waals surface area contributed by atoms with E-state index in [1.54, 1.807) is 19.0 Å². The van der Waals surface area contributed by atoms with Gasteiger partial charge in [0.15, 0.2) is 0 Å². The van der Waals surface area contributed by atoms with E-state index >= 15 is 0 Å². The fourth-order valence-corrected chi connectivity index (χ4v) is 2.08. The molecule has 19 heavy (non-hydrogen) atoms. The van der Waals surface area contributed by atoms with Crippen LogP contribution in [0.4, 0.5) is 10.1 Å². The molecule has 2 aromatic rings. The van der Waals surface area contributed by atoms with Gasteiger partial charge in [0.05, 0.1) is 11.3 Å². The Morgan fingerprint density at radius 2 is 1.79 bits per heavy atom. The van der Waals surface area contributed by atoms with E-state index < -0.39 is 11.8 Å². The summed E-state index contributed by atoms with van der Waals surface area (Å²) in [7, 11) is 3.48. The maximum absolute atomic E-state index is 13.6. The Morgan fingerprint density at radius 3 is 2.32 bits per heavy atom. The molecule has 0 heterocycles. The zero-order valence-electron chi connectivity index (χ0n) is 10.7. The second kappa shape index (κ2) is 5.10. The molecule has 0 saturated carbocycles. The van der Waals surface area contributed by atoms with E-state index in [1.807, 2.05) is 30.3 Å². The summed E-state index contributed by atoms with van der Waals surface area (Å²) in [5, 5.41) is 9.22. The molecule has 2 rings (SSSR count). The van der Waals surface area contributed by atoms with Gasteiger partial charge in [0.25, 0.3) is 0 Å². The lowest BCUT2D eigenvalue weighted by Crippen LogP contribution is -2.15. The number of benzene rings is 2. The lowest BCUT2D eigenvalue weighted by Gasteiger charge is -2.20. The van der Waals surface area contributed by atoms with E-state index in [-0.39, 0.29) is 5.56 Å². The average Bonchev–Trinajstić information content (AvgIpc) is 2.38. The van der Waals surface area contributed by atoms with Gasteiger partial charge in [-0.25, -0.2) is 9.18 Å². The third-order valence-electron chi connectivity index (χ3n) is 2.84. The Bertz CT molecular complexity index is 609. The molecule has 3 nitrogen and oxygen atoms in total. The molecular weight excluding hydrogens is 245 g/mol. The fourth-order valence-electron chi connectivity index (χ4n) is 2.08. The van der Waals surface area contributed by atoms with Gasteiger partial charge in [-0.1, -0.05) is 30.3 Å². The number of nitrogens with zero attached hydrogens (tertiary/aromatic N) is 1. The standard InChI is InChI=1S/C15H14FNO2/c1-17(2)14-12(10-6-4-3-5-7-10)8-11(16)9-13(14)15(18)19/h3-9H,1-2H3,(H,18,19). The van der Waals surface area contributed by atoms with Crippen LogP contribution < -0.4 is 4.90 Å². The maximum atomic E-state index is 13.6. The molecular formula is C15H14FNO2. The molecule has 1 N–H and O–H groups in total. The minimum Gasteiger partial charge on any atom is -0.478 e. The molecule has 4 heteroatoms. The zero-order chi connectivity index (χ0) is 14.0. The van der Waals surface area contributed by atoms with Crippen molar-refractivity contribution in [3.05, 3.63) is 53.8 Å². The Morgan fingerprint density at radius 1 is 1.16 bits per heavy atom. The predicted octanol–water partition coefficient (Wildman–Crippen LogP) is 3.26. The summed E-state index contributed by atoms with van der Waals surface area (Å²) in [5.41, 5.74) is 1.82. The van der Waals surface area contributed by atoms with Gasteiger partial charge >= 0.3 is 5.97 Å². The molecule has 2 aromatic carbocycles. The topological polar surface area (TPSA) is 40.5 Å². The zero-order valence-corrected chi connectivity index (χ0v) is 10.7. The van der Waals surface area contributed by atoms with E-state index in [4.69, 9.17) is 0 Å². The van der Waals surface area contributed by atoms with E-state index in [2.05, 4.69) is 0 Å². The number of carbonyl (C=O) groups is 1. The van der Waals surface area contributed by atoms with Crippen molar-refractivity contribution in [2.75, 3.05) is 19.0 Å². The van der Waals surface area contributed by atoms with E-state index in [0.29, 0.717) is 11.3 Å². The number of rotatable bonds is 3. The van der Waals surface area contributed by atoms with Gasteiger partial charge in [0.2, 0.25) is 0 Å². The molecule has 0 fully saturated rings. The van der Waals surface area contributed by atoms with Crippen molar-refractivity contribution in [1.29, 1.82) is 0 Å². The van der Waals surface area contributed by atoms with E-state index in [0.717, 1.165) is 11.6 Å². The van der Waals surface area contributed by atoms with Crippen molar-refractivity contribution in [2.24, 2.45) is 0 Å². The normalized spacial score (nSPS) is 10.3. The van der Waals surface area contributed by atoms with Crippen LogP contribution in [0.15, 0.2) is 42.5 Å². The fraction of sp³-hybridized carbons (Fsp3) is 0.133. The van der Waals surface area contributed by atoms with Crippen molar-refractivity contribution < 1.29 is 14.3 Å². The van der Waals surface area contributed by atoms with Crippen LogP contribution in [-0.2, 0) is 0 Å². The first kappa shape index (κ1) is 13.1. The number of carboxylic acid groups (broad SMARTS) is 1. The van der Waals surface area contributed by atoms with Gasteiger partial charge in [-0.2, -0.15) is 0 Å². The lowest BCUT2D eigenvalue weighted by molar-refractivity contribution is 0.0697. The monoisotopic (exact) mass is 259 g/mol. The minimum atomic E-state index is -1.14. The van der Waals surface area contributed by atoms with Crippen LogP contribution >= 0.6 is 0 Å². The number of aromatic carboxylic acids is 1. The van der Waals surface area contributed by atoms with Gasteiger partial charge in [-0.05, 0) is 17.7 Å². The van der Waals surface area contributed by atoms with Crippen molar-refractivity contribution in [3.63, 3.8) is 0 Å². The number of hydrogen-bond donors (Lipinski definition) is 1. The Balaban J connectivity index is 2.76. The van der Waals surface area contributed by atoms with Crippen molar-refractivity contribution in [2.45, 2.75) is 0 Å². The number of carboxylic acids is 1. The van der Waals surface area contributed by atoms with Crippen LogP contribution in [0.5, 0.6) is 0 Å². The molecule has 0 aliphatic heterocycles. The highest BCUT2D eigenvalue weighted by atomic mass is 19.1. The first-order chi connectivity index (χ1) is 9.00. The summed E-state index contributed by atoms with van der Waals surface area (Å²) < 4.78 is 13.6. The summed E-state index contributed by atoms with van der Waals surface area (Å²) in [6, 6.07) is 11.6. The van der Waals surface area contributed by atoms with E-state index in [1.165, 1.54) is 6.07 Å². The lowest BCUT2D eigenvalue weighted by atomic mass is 9.99. The molecule has 0 radical (unpaired) electrons. The Kier molecular flexibility index (Phi) is 3.51. The summed E-state index contributed by atoms with van der Waals surface area (Å²) in [4.78, 5) is 13.0. The molecule has 98 valence electrons. The molecule has 0 spiro atoms. The molecule has 0 aliphatic carbocycles. The van der Waals surface area contributed by atoms with Crippen LogP contribution in [0.3, 0.4) is 0 Å². The largest absolute Gasteiger partial charge is 0.478 e. The number of hydrogen-bond acceptors (Lipinski definition) is 2. The quantitative estimate of drug-likeness (QED) is 0.919. The third kappa shape index (κ3) is 2.57. The third-order valence-corrected chi connectivity index (χ3v) is 2.84. The molecule has 0 aliphatic rings. The molecule has 0 saturated heterocycles. The highest BCUT2D eigenvalue weighted by molar-refractivity contribution is 5.99. The SMILES string of the molecule is CN(C)c1c(C(=O)O)cc(F)cc1-c1ccccc1. The summed E-state index contributed by atoms with van der Waals surface area (Å²) in [6.07, 6.45) is 0. The molecule has 0 amide bonds. The molecule has 0 aromatic heterocycles. The highest BCUT2D eigenvalue weighted by Crippen LogP contribution is 2.34. The van der Waals surface area contributed by atoms with Gasteiger partial charge in [0.1, 0.15) is 5.82 Å². The van der Waals surface area contributed by atoms with Gasteiger partial charge in [-0.15, -0.1) is 0 Å². The smallest absolute Gasteiger partial charge is 0.337 e. The van der Waals surface area contributed by atoms with Crippen LogP contribution in [0, 0.1) is 5.82 Å². The predicted molar refractivity (Wildman–Crippen MR) is 73.1 cm³/mol. The van der Waals surface area contributed by atoms with Crippen LogP contribution in [0.1, 0.15) is 10.4 Å². The van der Waals surface area contributed by atoms with Crippen molar-refractivity contribution >= 4 is 11.7 Å². The average molecular weight is 259 g/mol. The van der Waals surface area contributed by atoms with Crippen LogP contribution in [0.25, 0.3) is 11.1 Å². The first-order valence-electron chi connectivity index (χ1n) is 5.80. The van der Waals surface area contributed by atoms with Gasteiger partial charge < -0.3 is 10.0 Å². The maximum Gasteiger partial charge on any atom is 0.337 e. The van der Waals surface area contributed by atoms with Gasteiger partial charge in [0, 0.05) is 19.7 Å². The van der Waals surface area contributed by atoms with Crippen LogP contribution in [-0.4, -0.2) is 25.2 Å². The van der Waals surface area contributed by atoms with E-state index in [9.17, 15) is 14.3 Å². The second-order valence-electron chi connectivity index (χ2n) is 4.42.